The SMILES string of the molecule is CC(C)(C)c1ccccc1N(c1ccccc1)c1ccc2cc3c(cc2c1)oc1cc2oc4cc5cc(N(c6ccccc6)c6ccccc6C(C)(C)C)ccc5cc4c2c(C#N)c13. The maximum atomic E-state index is 11.0. The van der Waals surface area contributed by atoms with E-state index in [0.717, 1.165) is 88.4 Å². The molecule has 5 nitrogen and oxygen atoms in total. The van der Waals surface area contributed by atoms with Gasteiger partial charge in [-0.25, -0.2) is 0 Å². The Balaban J connectivity index is 1.04. The molecule has 9 aromatic carbocycles. The third-order valence-electron chi connectivity index (χ3n) is 12.6. The maximum absolute atomic E-state index is 11.0. The molecule has 0 aliphatic rings. The number of benzene rings is 9. The third kappa shape index (κ3) is 6.45. The number of fused-ring (bicyclic) bond motifs is 8. The molecule has 11 rings (SSSR count). The van der Waals surface area contributed by atoms with Crippen molar-refractivity contribution < 1.29 is 8.83 Å². The van der Waals surface area contributed by atoms with E-state index in [1.165, 1.54) is 11.1 Å². The van der Waals surface area contributed by atoms with Crippen molar-refractivity contribution in [2.45, 2.75) is 52.4 Å². The molecule has 0 aliphatic heterocycles. The summed E-state index contributed by atoms with van der Waals surface area (Å²) in [5.74, 6) is 0. The first-order valence-corrected chi connectivity index (χ1v) is 22.0. The lowest BCUT2D eigenvalue weighted by Crippen LogP contribution is -2.19. The van der Waals surface area contributed by atoms with Gasteiger partial charge in [-0.2, -0.15) is 5.26 Å². The Morgan fingerprint density at radius 1 is 0.391 bits per heavy atom. The van der Waals surface area contributed by atoms with E-state index in [2.05, 4.69) is 227 Å². The van der Waals surface area contributed by atoms with Gasteiger partial charge in [0.1, 0.15) is 28.4 Å². The Morgan fingerprint density at radius 3 is 1.20 bits per heavy atom. The molecule has 0 spiro atoms. The first-order valence-electron chi connectivity index (χ1n) is 22.0. The topological polar surface area (TPSA) is 56.6 Å². The zero-order valence-electron chi connectivity index (χ0n) is 36.9. The maximum Gasteiger partial charge on any atom is 0.140 e. The van der Waals surface area contributed by atoms with Crippen molar-refractivity contribution in [2.75, 3.05) is 9.80 Å². The largest absolute Gasteiger partial charge is 0.456 e. The van der Waals surface area contributed by atoms with Crippen molar-refractivity contribution in [2.24, 2.45) is 0 Å². The molecule has 11 aromatic rings. The quantitative estimate of drug-likeness (QED) is 0.167. The molecule has 0 aliphatic carbocycles. The predicted octanol–water partition coefficient (Wildman–Crippen LogP) is 17.2. The summed E-state index contributed by atoms with van der Waals surface area (Å²) in [6, 6.07) is 64.7. The summed E-state index contributed by atoms with van der Waals surface area (Å²) in [5.41, 5.74) is 12.2. The summed E-state index contributed by atoms with van der Waals surface area (Å²) < 4.78 is 13.3. The zero-order chi connectivity index (χ0) is 43.9. The monoisotopic (exact) mass is 829 g/mol. The van der Waals surface area contributed by atoms with Crippen LogP contribution in [0.5, 0.6) is 0 Å². The normalized spacial score (nSPS) is 12.2. The molecule has 0 saturated carbocycles. The molecule has 0 atom stereocenters. The average Bonchev–Trinajstić information content (AvgIpc) is 3.83. The summed E-state index contributed by atoms with van der Waals surface area (Å²) in [7, 11) is 0. The Labute approximate surface area is 373 Å². The Kier molecular flexibility index (Phi) is 8.94. The molecule has 0 unspecified atom stereocenters. The summed E-state index contributed by atoms with van der Waals surface area (Å²) in [4.78, 5) is 4.68. The highest BCUT2D eigenvalue weighted by atomic mass is 16.3. The molecule has 0 radical (unpaired) electrons. The van der Waals surface area contributed by atoms with E-state index in [9.17, 15) is 5.26 Å². The molecule has 0 bridgehead atoms. The summed E-state index contributed by atoms with van der Waals surface area (Å²) in [6.45, 7) is 13.6. The van der Waals surface area contributed by atoms with Crippen molar-refractivity contribution in [3.63, 3.8) is 0 Å². The molecule has 0 fully saturated rings. The number of furan rings is 2. The van der Waals surface area contributed by atoms with Crippen molar-refractivity contribution >= 4 is 99.5 Å². The minimum atomic E-state index is -0.0652. The van der Waals surface area contributed by atoms with E-state index < -0.39 is 0 Å². The van der Waals surface area contributed by atoms with Crippen LogP contribution in [0.1, 0.15) is 58.2 Å². The zero-order valence-corrected chi connectivity index (χ0v) is 36.9. The van der Waals surface area contributed by atoms with Gasteiger partial charge in [-0.15, -0.1) is 0 Å². The molecule has 0 N–H and O–H groups in total. The molecule has 2 aromatic heterocycles. The van der Waals surface area contributed by atoms with Crippen LogP contribution in [0.3, 0.4) is 0 Å². The lowest BCUT2D eigenvalue weighted by atomic mass is 9.85. The van der Waals surface area contributed by atoms with Crippen LogP contribution >= 0.6 is 0 Å². The number of nitrogens with zero attached hydrogens (tertiary/aromatic N) is 3. The van der Waals surface area contributed by atoms with E-state index in [1.807, 2.05) is 6.07 Å². The molecule has 310 valence electrons. The van der Waals surface area contributed by atoms with Crippen LogP contribution in [0.25, 0.3) is 65.4 Å². The number of nitriles is 1. The highest BCUT2D eigenvalue weighted by Crippen LogP contribution is 2.46. The Morgan fingerprint density at radius 2 is 0.797 bits per heavy atom. The number of rotatable bonds is 6. The van der Waals surface area contributed by atoms with Crippen LogP contribution < -0.4 is 9.80 Å². The fraction of sp³-hybridized carbons (Fsp3) is 0.136. The standard InChI is InChI=1S/C59H47N3O2/c1-58(2,3)48-21-13-15-23-50(48)61(41-17-9-7-10-18-41)43-27-25-37-31-45-52(33-39(37)29-43)63-54-35-55-57(47(36-60)56(45)54)46-32-38-26-28-44(30-40(38)34-53(46)64-55)62(42-19-11-8-12-20-42)51-24-16-14-22-49(51)59(4,5)6/h7-35H,1-6H3. The minimum Gasteiger partial charge on any atom is -0.456 e. The molecule has 0 saturated heterocycles. The van der Waals surface area contributed by atoms with E-state index >= 15 is 0 Å². The molecule has 0 amide bonds. The number of hydrogen-bond acceptors (Lipinski definition) is 5. The second kappa shape index (κ2) is 14.6. The van der Waals surface area contributed by atoms with Crippen LogP contribution in [-0.2, 0) is 10.8 Å². The van der Waals surface area contributed by atoms with Crippen molar-refractivity contribution in [3.8, 4) is 6.07 Å². The van der Waals surface area contributed by atoms with Gasteiger partial charge in [0.15, 0.2) is 0 Å². The van der Waals surface area contributed by atoms with Crippen molar-refractivity contribution in [1.82, 2.24) is 0 Å². The smallest absolute Gasteiger partial charge is 0.140 e. The second-order valence-corrected chi connectivity index (χ2v) is 18.9. The van der Waals surface area contributed by atoms with Crippen molar-refractivity contribution in [1.29, 1.82) is 5.26 Å². The summed E-state index contributed by atoms with van der Waals surface area (Å²) in [5, 5.41) is 18.6. The van der Waals surface area contributed by atoms with Crippen LogP contribution in [0.2, 0.25) is 0 Å². The Bertz CT molecular complexity index is 3420. The Hall–Kier alpha value is -7.81. The van der Waals surface area contributed by atoms with Crippen LogP contribution in [0, 0.1) is 11.3 Å². The second-order valence-electron chi connectivity index (χ2n) is 18.9. The molecular weight excluding hydrogens is 783 g/mol. The van der Waals surface area contributed by atoms with Gasteiger partial charge in [-0.3, -0.25) is 0 Å². The summed E-state index contributed by atoms with van der Waals surface area (Å²) >= 11 is 0. The number of hydrogen-bond donors (Lipinski definition) is 0. The van der Waals surface area contributed by atoms with Crippen LogP contribution in [0.15, 0.2) is 185 Å². The van der Waals surface area contributed by atoms with E-state index in [-0.39, 0.29) is 10.8 Å². The van der Waals surface area contributed by atoms with E-state index in [1.54, 1.807) is 0 Å². The van der Waals surface area contributed by atoms with E-state index in [4.69, 9.17) is 8.83 Å². The van der Waals surface area contributed by atoms with Gasteiger partial charge >= 0.3 is 0 Å². The van der Waals surface area contributed by atoms with Gasteiger partial charge in [0.2, 0.25) is 0 Å². The fourth-order valence-electron chi connectivity index (χ4n) is 9.66. The lowest BCUT2D eigenvalue weighted by molar-refractivity contribution is 0.590. The fourth-order valence-corrected chi connectivity index (χ4v) is 9.66. The van der Waals surface area contributed by atoms with Crippen LogP contribution in [-0.4, -0.2) is 0 Å². The molecular formula is C59H47N3O2. The van der Waals surface area contributed by atoms with Crippen molar-refractivity contribution in [3.05, 3.63) is 193 Å². The average molecular weight is 830 g/mol. The molecule has 2 heterocycles. The number of anilines is 6. The lowest BCUT2D eigenvalue weighted by Gasteiger charge is -2.32. The van der Waals surface area contributed by atoms with Gasteiger partial charge in [-0.1, -0.05) is 126 Å². The molecule has 64 heavy (non-hydrogen) atoms. The summed E-state index contributed by atoms with van der Waals surface area (Å²) in [6.07, 6.45) is 0. The van der Waals surface area contributed by atoms with Gasteiger partial charge in [0.05, 0.1) is 5.56 Å². The molecule has 5 heteroatoms. The van der Waals surface area contributed by atoms with Gasteiger partial charge in [-0.05, 0) is 128 Å². The van der Waals surface area contributed by atoms with Gasteiger partial charge in [0.25, 0.3) is 0 Å². The van der Waals surface area contributed by atoms with Crippen LogP contribution in [0.4, 0.5) is 34.1 Å². The van der Waals surface area contributed by atoms with Gasteiger partial charge < -0.3 is 18.6 Å². The van der Waals surface area contributed by atoms with Gasteiger partial charge in [0, 0.05) is 61.7 Å². The number of para-hydroxylation sites is 4. The third-order valence-corrected chi connectivity index (χ3v) is 12.6. The van der Waals surface area contributed by atoms with E-state index in [0.29, 0.717) is 16.7 Å². The first kappa shape index (κ1) is 39.1. The minimum absolute atomic E-state index is 0.0652. The highest BCUT2D eigenvalue weighted by molar-refractivity contribution is 6.22. The first-order chi connectivity index (χ1) is 30.9. The highest BCUT2D eigenvalue weighted by Gasteiger charge is 2.26. The predicted molar refractivity (Wildman–Crippen MR) is 267 cm³/mol.